The van der Waals surface area contributed by atoms with Crippen LogP contribution in [0.15, 0.2) is 65.8 Å². The molecule has 3 rings (SSSR count). The van der Waals surface area contributed by atoms with Crippen molar-refractivity contribution >= 4 is 5.78 Å². The third-order valence-electron chi connectivity index (χ3n) is 4.87. The van der Waals surface area contributed by atoms with E-state index in [1.54, 1.807) is 0 Å². The summed E-state index contributed by atoms with van der Waals surface area (Å²) in [4.78, 5) is 12.5. The molecule has 0 radical (unpaired) electrons. The molecule has 0 aliphatic heterocycles. The minimum atomic E-state index is 0.225. The summed E-state index contributed by atoms with van der Waals surface area (Å²) in [6, 6.07) is 9.77. The summed E-state index contributed by atoms with van der Waals surface area (Å²) in [5, 5.41) is 0. The van der Waals surface area contributed by atoms with E-state index in [4.69, 9.17) is 0 Å². The van der Waals surface area contributed by atoms with E-state index in [0.717, 1.165) is 31.2 Å². The van der Waals surface area contributed by atoms with Crippen LogP contribution in [0, 0.1) is 11.8 Å². The number of Topliss-reactive ketones (excluding diaryl/α,β-unsaturated/α-hetero) is 1. The Morgan fingerprint density at radius 2 is 1.79 bits per heavy atom. The predicted octanol–water partition coefficient (Wildman–Crippen LogP) is 6.53. The van der Waals surface area contributed by atoms with Gasteiger partial charge in [-0.2, -0.15) is 0 Å². The molecule has 1 aromatic carbocycles. The Balaban J connectivity index is 0.00000100. The Kier molecular flexibility index (Phi) is 7.24. The van der Waals surface area contributed by atoms with E-state index in [-0.39, 0.29) is 5.92 Å². The van der Waals surface area contributed by atoms with E-state index >= 15 is 0 Å². The van der Waals surface area contributed by atoms with Crippen molar-refractivity contribution in [3.05, 3.63) is 71.3 Å². The molecule has 128 valence electrons. The fourth-order valence-corrected chi connectivity index (χ4v) is 3.59. The molecule has 0 N–H and O–H groups in total. The van der Waals surface area contributed by atoms with Gasteiger partial charge < -0.3 is 0 Å². The molecule has 0 bridgehead atoms. The van der Waals surface area contributed by atoms with Crippen LogP contribution in [-0.4, -0.2) is 5.78 Å². The fraction of sp³-hybridized carbons (Fsp3) is 0.435. The van der Waals surface area contributed by atoms with Gasteiger partial charge in [-0.05, 0) is 44.9 Å². The quantitative estimate of drug-likeness (QED) is 0.576. The van der Waals surface area contributed by atoms with Crippen molar-refractivity contribution in [3.8, 4) is 0 Å². The Hall–Kier alpha value is -1.89. The minimum Gasteiger partial charge on any atom is -0.294 e. The van der Waals surface area contributed by atoms with Gasteiger partial charge in [-0.3, -0.25) is 4.79 Å². The first-order chi connectivity index (χ1) is 11.7. The van der Waals surface area contributed by atoms with E-state index in [9.17, 15) is 4.79 Å². The van der Waals surface area contributed by atoms with Crippen LogP contribution >= 0.6 is 0 Å². The van der Waals surface area contributed by atoms with Crippen LogP contribution in [0.25, 0.3) is 0 Å². The van der Waals surface area contributed by atoms with Crippen molar-refractivity contribution in [3.63, 3.8) is 0 Å². The lowest BCUT2D eigenvalue weighted by atomic mass is 9.92. The van der Waals surface area contributed by atoms with Gasteiger partial charge in [0.05, 0.1) is 0 Å². The van der Waals surface area contributed by atoms with Crippen molar-refractivity contribution < 1.29 is 4.79 Å². The third kappa shape index (κ3) is 5.06. The number of hydrogen-bond donors (Lipinski definition) is 0. The monoisotopic (exact) mass is 322 g/mol. The zero-order chi connectivity index (χ0) is 17.4. The summed E-state index contributed by atoms with van der Waals surface area (Å²) in [6.07, 6.45) is 14.5. The molecule has 2 unspecified atom stereocenters. The first-order valence-corrected chi connectivity index (χ1v) is 9.35. The number of benzene rings is 1. The van der Waals surface area contributed by atoms with Crippen molar-refractivity contribution in [1.82, 2.24) is 0 Å². The highest BCUT2D eigenvalue weighted by atomic mass is 16.1. The van der Waals surface area contributed by atoms with Crippen molar-refractivity contribution in [1.29, 1.82) is 0 Å². The van der Waals surface area contributed by atoms with Gasteiger partial charge in [-0.25, -0.2) is 0 Å². The number of allylic oxidation sites excluding steroid dienone is 6. The highest BCUT2D eigenvalue weighted by Crippen LogP contribution is 2.37. The van der Waals surface area contributed by atoms with E-state index < -0.39 is 0 Å². The minimum absolute atomic E-state index is 0.225. The van der Waals surface area contributed by atoms with Crippen LogP contribution in [0.5, 0.6) is 0 Å². The maximum Gasteiger partial charge on any atom is 0.165 e. The third-order valence-corrected chi connectivity index (χ3v) is 4.87. The van der Waals surface area contributed by atoms with Crippen LogP contribution < -0.4 is 0 Å². The molecular formula is C23H30O. The van der Waals surface area contributed by atoms with Crippen molar-refractivity contribution in [2.24, 2.45) is 11.8 Å². The normalized spacial score (nSPS) is 22.8. The number of carbonyl (C=O) groups is 1. The van der Waals surface area contributed by atoms with Crippen LogP contribution in [-0.2, 0) is 0 Å². The summed E-state index contributed by atoms with van der Waals surface area (Å²) < 4.78 is 0. The lowest BCUT2D eigenvalue weighted by Gasteiger charge is -2.11. The molecule has 0 spiro atoms. The van der Waals surface area contributed by atoms with E-state index in [1.165, 1.54) is 17.6 Å². The predicted molar refractivity (Wildman–Crippen MR) is 103 cm³/mol. The topological polar surface area (TPSA) is 17.1 Å². The average molecular weight is 322 g/mol. The van der Waals surface area contributed by atoms with Gasteiger partial charge in [-0.15, -0.1) is 0 Å². The summed E-state index contributed by atoms with van der Waals surface area (Å²) in [5.41, 5.74) is 3.65. The van der Waals surface area contributed by atoms with Gasteiger partial charge in [0.1, 0.15) is 0 Å². The Morgan fingerprint density at radius 1 is 1.04 bits per heavy atom. The lowest BCUT2D eigenvalue weighted by Crippen LogP contribution is -2.11. The number of carbonyl (C=O) groups excluding carboxylic acids is 1. The number of rotatable bonds is 4. The lowest BCUT2D eigenvalue weighted by molar-refractivity contribution is 0.0920. The fourth-order valence-electron chi connectivity index (χ4n) is 3.59. The summed E-state index contributed by atoms with van der Waals surface area (Å²) in [5.74, 6) is 1.22. The molecular weight excluding hydrogens is 292 g/mol. The summed E-state index contributed by atoms with van der Waals surface area (Å²) in [7, 11) is 0. The van der Waals surface area contributed by atoms with Gasteiger partial charge in [0, 0.05) is 11.5 Å². The highest BCUT2D eigenvalue weighted by molar-refractivity contribution is 5.97. The highest BCUT2D eigenvalue weighted by Gasteiger charge is 2.30. The van der Waals surface area contributed by atoms with Crippen molar-refractivity contribution in [2.45, 2.75) is 52.9 Å². The van der Waals surface area contributed by atoms with E-state index in [1.807, 2.05) is 44.2 Å². The molecule has 0 heterocycles. The molecule has 1 nitrogen and oxygen atoms in total. The molecule has 1 saturated carbocycles. The van der Waals surface area contributed by atoms with E-state index in [0.29, 0.717) is 11.7 Å². The van der Waals surface area contributed by atoms with Crippen LogP contribution in [0.1, 0.15) is 63.2 Å². The smallest absolute Gasteiger partial charge is 0.165 e. The molecule has 2 aliphatic rings. The molecule has 0 amide bonds. The molecule has 24 heavy (non-hydrogen) atoms. The molecule has 0 aromatic heterocycles. The van der Waals surface area contributed by atoms with Gasteiger partial charge in [0.15, 0.2) is 5.78 Å². The zero-order valence-electron chi connectivity index (χ0n) is 15.3. The van der Waals surface area contributed by atoms with Gasteiger partial charge in [0.25, 0.3) is 0 Å². The zero-order valence-corrected chi connectivity index (χ0v) is 15.3. The first kappa shape index (κ1) is 18.4. The van der Waals surface area contributed by atoms with Gasteiger partial charge in [-0.1, -0.05) is 79.6 Å². The van der Waals surface area contributed by atoms with Gasteiger partial charge in [0.2, 0.25) is 0 Å². The van der Waals surface area contributed by atoms with Crippen LogP contribution in [0.2, 0.25) is 0 Å². The average Bonchev–Trinajstić information content (AvgIpc) is 3.00. The van der Waals surface area contributed by atoms with E-state index in [2.05, 4.69) is 31.2 Å². The van der Waals surface area contributed by atoms with Gasteiger partial charge >= 0.3 is 0 Å². The molecule has 2 atom stereocenters. The molecule has 1 fully saturated rings. The molecule has 0 saturated heterocycles. The van der Waals surface area contributed by atoms with Crippen molar-refractivity contribution in [2.75, 3.05) is 0 Å². The van der Waals surface area contributed by atoms with Crippen LogP contribution in [0.3, 0.4) is 0 Å². The maximum atomic E-state index is 12.5. The molecule has 1 aromatic rings. The Bertz CT molecular complexity index is 619. The van der Waals surface area contributed by atoms with Crippen LogP contribution in [0.4, 0.5) is 0 Å². The largest absolute Gasteiger partial charge is 0.294 e. The number of ketones is 1. The summed E-state index contributed by atoms with van der Waals surface area (Å²) in [6.45, 7) is 6.15. The first-order valence-electron chi connectivity index (χ1n) is 9.35. The SMILES string of the molecule is CC.CC1=CCC=C(CC2CCC(C(=O)c3ccccc3)C2)C=C1. The summed E-state index contributed by atoms with van der Waals surface area (Å²) >= 11 is 0. The molecule has 1 heteroatoms. The second kappa shape index (κ2) is 9.42. The second-order valence-corrected chi connectivity index (χ2v) is 6.61. The second-order valence-electron chi connectivity index (χ2n) is 6.61. The molecule has 2 aliphatic carbocycles. The Morgan fingerprint density at radius 3 is 2.54 bits per heavy atom. The standard InChI is InChI=1S/C21H24O.C2H6/c1-16-6-5-7-17(11-10-16)14-18-12-13-20(15-18)21(22)19-8-3-2-4-9-19;1-2/h2-4,6-11,18,20H,5,12-15H2,1H3;1-2H3. The number of hydrogen-bond acceptors (Lipinski definition) is 1. The Labute approximate surface area is 147 Å². The maximum absolute atomic E-state index is 12.5.